The van der Waals surface area contributed by atoms with Crippen molar-refractivity contribution >= 4 is 48.3 Å². The van der Waals surface area contributed by atoms with E-state index < -0.39 is 0 Å². The average Bonchev–Trinajstić information content (AvgIpc) is 2.43. The molecule has 0 saturated heterocycles. The van der Waals surface area contributed by atoms with E-state index in [1.807, 2.05) is 36.4 Å². The van der Waals surface area contributed by atoms with Gasteiger partial charge in [-0.1, -0.05) is 37.9 Å². The molecule has 3 aromatic rings. The lowest BCUT2D eigenvalue weighted by Gasteiger charge is -2.10. The van der Waals surface area contributed by atoms with Crippen molar-refractivity contribution in [2.45, 2.75) is 0 Å². The fourth-order valence-electron chi connectivity index (χ4n) is 1.94. The number of hydrogen-bond acceptors (Lipinski definition) is 3. The Morgan fingerprint density at radius 3 is 2.65 bits per heavy atom. The molecule has 0 amide bonds. The second kappa shape index (κ2) is 5.42. The molecular weight excluding hydrogens is 384 g/mol. The van der Waals surface area contributed by atoms with Gasteiger partial charge >= 0.3 is 0 Å². The number of hydrogen-bond donors (Lipinski definition) is 1. The predicted molar refractivity (Wildman–Crippen MR) is 88.1 cm³/mol. The zero-order chi connectivity index (χ0) is 14.1. The van der Waals surface area contributed by atoms with E-state index in [2.05, 4.69) is 36.8 Å². The summed E-state index contributed by atoms with van der Waals surface area (Å²) >= 11 is 6.90. The van der Waals surface area contributed by atoms with Gasteiger partial charge in [-0.2, -0.15) is 0 Å². The predicted octanol–water partition coefficient (Wildman–Crippen LogP) is 5.13. The lowest BCUT2D eigenvalue weighted by molar-refractivity contribution is 0.471. The van der Waals surface area contributed by atoms with Crippen molar-refractivity contribution in [3.8, 4) is 11.6 Å². The Labute approximate surface area is 133 Å². The highest BCUT2D eigenvalue weighted by Gasteiger charge is 2.09. The number of nitrogens with zero attached hydrogens (tertiary/aromatic N) is 1. The van der Waals surface area contributed by atoms with E-state index in [9.17, 15) is 0 Å². The first-order chi connectivity index (χ1) is 9.65. The molecule has 1 aromatic heterocycles. The number of aromatic nitrogens is 1. The summed E-state index contributed by atoms with van der Waals surface area (Å²) in [6.07, 6.45) is 1.72. The maximum Gasteiger partial charge on any atom is 0.227 e. The summed E-state index contributed by atoms with van der Waals surface area (Å²) in [5.74, 6) is 1.13. The summed E-state index contributed by atoms with van der Waals surface area (Å²) in [4.78, 5) is 4.30. The van der Waals surface area contributed by atoms with Gasteiger partial charge in [0.15, 0.2) is 5.75 Å². The van der Waals surface area contributed by atoms with Crippen LogP contribution in [0.25, 0.3) is 10.8 Å². The van der Waals surface area contributed by atoms with Crippen LogP contribution in [-0.2, 0) is 0 Å². The van der Waals surface area contributed by atoms with Gasteiger partial charge in [0.2, 0.25) is 5.88 Å². The van der Waals surface area contributed by atoms with Crippen LogP contribution < -0.4 is 10.5 Å². The smallest absolute Gasteiger partial charge is 0.227 e. The second-order valence-electron chi connectivity index (χ2n) is 4.24. The minimum atomic E-state index is 0.540. The van der Waals surface area contributed by atoms with Crippen LogP contribution in [0.2, 0.25) is 0 Å². The third kappa shape index (κ3) is 2.51. The summed E-state index contributed by atoms with van der Waals surface area (Å²) in [6, 6.07) is 13.3. The number of ether oxygens (including phenoxy) is 1. The van der Waals surface area contributed by atoms with Crippen LogP contribution in [0.4, 0.5) is 5.69 Å². The third-order valence-electron chi connectivity index (χ3n) is 2.89. The van der Waals surface area contributed by atoms with Crippen molar-refractivity contribution in [1.29, 1.82) is 0 Å². The standard InChI is InChI=1S/C15H10Br2N2O/c16-9-4-5-14(13(18)8-9)20-15-11-2-1-3-12(17)10(11)6-7-19-15/h1-8H,18H2. The van der Waals surface area contributed by atoms with Crippen LogP contribution in [0, 0.1) is 0 Å². The Hall–Kier alpha value is -1.59. The summed E-state index contributed by atoms with van der Waals surface area (Å²) < 4.78 is 7.77. The van der Waals surface area contributed by atoms with Gasteiger partial charge in [-0.05, 0) is 36.4 Å². The zero-order valence-electron chi connectivity index (χ0n) is 10.3. The van der Waals surface area contributed by atoms with E-state index in [1.165, 1.54) is 0 Å². The quantitative estimate of drug-likeness (QED) is 0.613. The van der Waals surface area contributed by atoms with Crippen molar-refractivity contribution in [3.63, 3.8) is 0 Å². The molecular formula is C15H10Br2N2O. The molecule has 2 aromatic carbocycles. The fraction of sp³-hybridized carbons (Fsp3) is 0. The molecule has 3 nitrogen and oxygen atoms in total. The molecule has 0 fully saturated rings. The Balaban J connectivity index is 2.09. The van der Waals surface area contributed by atoms with Crippen molar-refractivity contribution in [2.75, 3.05) is 5.73 Å². The number of anilines is 1. The van der Waals surface area contributed by atoms with Gasteiger partial charge in [0.25, 0.3) is 0 Å². The monoisotopic (exact) mass is 392 g/mol. The van der Waals surface area contributed by atoms with E-state index in [0.717, 1.165) is 19.7 Å². The van der Waals surface area contributed by atoms with Crippen LogP contribution in [0.5, 0.6) is 11.6 Å². The summed E-state index contributed by atoms with van der Waals surface area (Å²) in [5, 5.41) is 1.98. The minimum absolute atomic E-state index is 0.540. The first-order valence-corrected chi connectivity index (χ1v) is 7.50. The first kappa shape index (κ1) is 13.4. The molecule has 1 heterocycles. The van der Waals surface area contributed by atoms with Gasteiger partial charge in [0, 0.05) is 25.9 Å². The number of benzene rings is 2. The fourth-order valence-corrected chi connectivity index (χ4v) is 2.82. The highest BCUT2D eigenvalue weighted by Crippen LogP contribution is 2.34. The van der Waals surface area contributed by atoms with Gasteiger partial charge in [0.05, 0.1) is 5.69 Å². The van der Waals surface area contributed by atoms with E-state index in [-0.39, 0.29) is 0 Å². The molecule has 0 aliphatic carbocycles. The van der Waals surface area contributed by atoms with Gasteiger partial charge in [0.1, 0.15) is 0 Å². The molecule has 3 rings (SSSR count). The maximum absolute atomic E-state index is 5.95. The highest BCUT2D eigenvalue weighted by atomic mass is 79.9. The van der Waals surface area contributed by atoms with E-state index in [4.69, 9.17) is 10.5 Å². The van der Waals surface area contributed by atoms with Gasteiger partial charge in [-0.25, -0.2) is 4.98 Å². The Bertz CT molecular complexity index is 790. The van der Waals surface area contributed by atoms with Crippen molar-refractivity contribution < 1.29 is 4.74 Å². The van der Waals surface area contributed by atoms with Gasteiger partial charge < -0.3 is 10.5 Å². The van der Waals surface area contributed by atoms with Gasteiger partial charge in [-0.15, -0.1) is 0 Å². The minimum Gasteiger partial charge on any atom is -0.436 e. The van der Waals surface area contributed by atoms with Crippen LogP contribution in [0.15, 0.2) is 57.6 Å². The van der Waals surface area contributed by atoms with Crippen molar-refractivity contribution in [2.24, 2.45) is 0 Å². The molecule has 5 heteroatoms. The number of halogens is 2. The van der Waals surface area contributed by atoms with Gasteiger partial charge in [-0.3, -0.25) is 0 Å². The number of nitrogen functional groups attached to an aromatic ring is 1. The number of pyridine rings is 1. The van der Waals surface area contributed by atoms with E-state index in [0.29, 0.717) is 17.3 Å². The molecule has 100 valence electrons. The molecule has 0 aliphatic heterocycles. The third-order valence-corrected chi connectivity index (χ3v) is 4.08. The van der Waals surface area contributed by atoms with Crippen molar-refractivity contribution in [3.05, 3.63) is 57.6 Å². The van der Waals surface area contributed by atoms with Crippen LogP contribution in [0.3, 0.4) is 0 Å². The number of nitrogens with two attached hydrogens (primary N) is 1. The molecule has 0 aliphatic rings. The molecule has 20 heavy (non-hydrogen) atoms. The Morgan fingerprint density at radius 1 is 1.00 bits per heavy atom. The van der Waals surface area contributed by atoms with E-state index in [1.54, 1.807) is 12.3 Å². The second-order valence-corrected chi connectivity index (χ2v) is 6.01. The maximum atomic E-state index is 5.95. The molecule has 0 atom stereocenters. The zero-order valence-corrected chi connectivity index (χ0v) is 13.5. The van der Waals surface area contributed by atoms with E-state index >= 15 is 0 Å². The topological polar surface area (TPSA) is 48.1 Å². The van der Waals surface area contributed by atoms with Crippen molar-refractivity contribution in [1.82, 2.24) is 4.98 Å². The summed E-state index contributed by atoms with van der Waals surface area (Å²) in [6.45, 7) is 0. The lowest BCUT2D eigenvalue weighted by atomic mass is 10.2. The van der Waals surface area contributed by atoms with Crippen LogP contribution >= 0.6 is 31.9 Å². The average molecular weight is 394 g/mol. The number of fused-ring (bicyclic) bond motifs is 1. The molecule has 0 spiro atoms. The summed E-state index contributed by atoms with van der Waals surface area (Å²) in [7, 11) is 0. The molecule has 0 saturated carbocycles. The molecule has 0 unspecified atom stereocenters. The highest BCUT2D eigenvalue weighted by molar-refractivity contribution is 9.11. The Morgan fingerprint density at radius 2 is 1.85 bits per heavy atom. The molecule has 2 N–H and O–H groups in total. The largest absolute Gasteiger partial charge is 0.436 e. The first-order valence-electron chi connectivity index (χ1n) is 5.91. The van der Waals surface area contributed by atoms with Crippen LogP contribution in [-0.4, -0.2) is 4.98 Å². The number of rotatable bonds is 2. The lowest BCUT2D eigenvalue weighted by Crippen LogP contribution is -1.94. The molecule has 0 radical (unpaired) electrons. The Kier molecular flexibility index (Phi) is 3.63. The van der Waals surface area contributed by atoms with Crippen LogP contribution in [0.1, 0.15) is 0 Å². The SMILES string of the molecule is Nc1cc(Br)ccc1Oc1nccc2c(Br)cccc12. The summed E-state index contributed by atoms with van der Waals surface area (Å²) in [5.41, 5.74) is 6.51. The normalized spacial score (nSPS) is 10.7. The molecule has 0 bridgehead atoms.